The number of hydrogen-bond acceptors (Lipinski definition) is 6. The molecule has 0 aliphatic rings. The van der Waals surface area contributed by atoms with Crippen LogP contribution in [0.2, 0.25) is 4.34 Å². The number of ketones is 1. The lowest BCUT2D eigenvalue weighted by Gasteiger charge is -2.06. The van der Waals surface area contributed by atoms with Crippen molar-refractivity contribution in [3.63, 3.8) is 0 Å². The SMILES string of the molecule is Cc1c(C(=O)OCC(=O)c2ccc(Cl)s2)cccc1[N+](=O)[O-]. The summed E-state index contributed by atoms with van der Waals surface area (Å²) in [6.07, 6.45) is 0. The Morgan fingerprint density at radius 3 is 2.64 bits per heavy atom. The van der Waals surface area contributed by atoms with E-state index < -0.39 is 17.5 Å². The van der Waals surface area contributed by atoms with Gasteiger partial charge in [0.2, 0.25) is 5.78 Å². The Kier molecular flexibility index (Phi) is 4.89. The summed E-state index contributed by atoms with van der Waals surface area (Å²) in [5.41, 5.74) is 0.0844. The molecule has 0 saturated heterocycles. The topological polar surface area (TPSA) is 86.5 Å². The fourth-order valence-electron chi connectivity index (χ4n) is 1.79. The molecule has 1 heterocycles. The minimum atomic E-state index is -0.780. The summed E-state index contributed by atoms with van der Waals surface area (Å²) in [6.45, 7) is 1.01. The van der Waals surface area contributed by atoms with Gasteiger partial charge in [0, 0.05) is 11.6 Å². The van der Waals surface area contributed by atoms with Gasteiger partial charge in [0.1, 0.15) is 0 Å². The molecule has 0 aliphatic heterocycles. The zero-order chi connectivity index (χ0) is 16.3. The number of ether oxygens (including phenoxy) is 1. The van der Waals surface area contributed by atoms with Gasteiger partial charge >= 0.3 is 5.97 Å². The van der Waals surface area contributed by atoms with E-state index >= 15 is 0 Å². The van der Waals surface area contributed by atoms with Crippen molar-refractivity contribution in [3.8, 4) is 0 Å². The van der Waals surface area contributed by atoms with Crippen molar-refractivity contribution in [2.45, 2.75) is 6.92 Å². The van der Waals surface area contributed by atoms with Gasteiger partial charge in [0.25, 0.3) is 5.69 Å². The summed E-state index contributed by atoms with van der Waals surface area (Å²) in [6, 6.07) is 7.22. The normalized spacial score (nSPS) is 10.3. The number of carbonyl (C=O) groups excluding carboxylic acids is 2. The number of halogens is 1. The van der Waals surface area contributed by atoms with Gasteiger partial charge in [0.05, 0.1) is 19.7 Å². The second kappa shape index (κ2) is 6.67. The Labute approximate surface area is 134 Å². The lowest BCUT2D eigenvalue weighted by molar-refractivity contribution is -0.385. The summed E-state index contributed by atoms with van der Waals surface area (Å²) in [5, 5.41) is 10.8. The first-order chi connectivity index (χ1) is 10.4. The second-order valence-corrected chi connectivity index (χ2v) is 6.02. The van der Waals surface area contributed by atoms with Crippen molar-refractivity contribution in [2.24, 2.45) is 0 Å². The zero-order valence-corrected chi connectivity index (χ0v) is 12.9. The van der Waals surface area contributed by atoms with Gasteiger partial charge in [-0.05, 0) is 25.1 Å². The van der Waals surface area contributed by atoms with Crippen molar-refractivity contribution in [1.29, 1.82) is 0 Å². The van der Waals surface area contributed by atoms with E-state index in [2.05, 4.69) is 0 Å². The maximum Gasteiger partial charge on any atom is 0.339 e. The highest BCUT2D eigenvalue weighted by Crippen LogP contribution is 2.23. The predicted molar refractivity (Wildman–Crippen MR) is 81.8 cm³/mol. The molecule has 0 unspecified atom stereocenters. The number of Topliss-reactive ketones (excluding diaryl/α,β-unsaturated/α-hetero) is 1. The first kappa shape index (κ1) is 16.1. The first-order valence-electron chi connectivity index (χ1n) is 6.10. The summed E-state index contributed by atoms with van der Waals surface area (Å²) >= 11 is 6.81. The number of rotatable bonds is 5. The van der Waals surface area contributed by atoms with Gasteiger partial charge in [-0.25, -0.2) is 4.79 Å². The largest absolute Gasteiger partial charge is 0.454 e. The van der Waals surface area contributed by atoms with E-state index in [0.717, 1.165) is 11.3 Å². The van der Waals surface area contributed by atoms with Crippen LogP contribution in [0.4, 0.5) is 5.69 Å². The van der Waals surface area contributed by atoms with Crippen LogP contribution in [0.1, 0.15) is 25.6 Å². The number of nitrogens with zero attached hydrogens (tertiary/aromatic N) is 1. The fourth-order valence-corrected chi connectivity index (χ4v) is 2.75. The number of esters is 1. The number of hydrogen-bond donors (Lipinski definition) is 0. The van der Waals surface area contributed by atoms with E-state index in [-0.39, 0.29) is 22.6 Å². The number of nitro groups is 1. The third-order valence-electron chi connectivity index (χ3n) is 2.90. The van der Waals surface area contributed by atoms with Crippen LogP contribution in [0.15, 0.2) is 30.3 Å². The molecule has 2 rings (SSSR count). The lowest BCUT2D eigenvalue weighted by Crippen LogP contribution is -2.14. The van der Waals surface area contributed by atoms with E-state index in [1.54, 1.807) is 12.1 Å². The van der Waals surface area contributed by atoms with Gasteiger partial charge < -0.3 is 4.74 Å². The highest BCUT2D eigenvalue weighted by Gasteiger charge is 2.20. The van der Waals surface area contributed by atoms with Crippen molar-refractivity contribution < 1.29 is 19.2 Å². The summed E-state index contributed by atoms with van der Waals surface area (Å²) in [4.78, 5) is 34.4. The maximum atomic E-state index is 12.0. The molecule has 0 aliphatic carbocycles. The standard InChI is InChI=1S/C14H10ClNO5S/c1-8-9(3-2-4-10(8)16(19)20)14(18)21-7-11(17)12-5-6-13(15)22-12/h2-6H,7H2,1H3. The minimum Gasteiger partial charge on any atom is -0.454 e. The average Bonchev–Trinajstić information content (AvgIpc) is 2.91. The first-order valence-corrected chi connectivity index (χ1v) is 7.29. The van der Waals surface area contributed by atoms with Crippen LogP contribution in [0.5, 0.6) is 0 Å². The van der Waals surface area contributed by atoms with Crippen molar-refractivity contribution in [3.05, 3.63) is 60.8 Å². The zero-order valence-electron chi connectivity index (χ0n) is 11.4. The molecule has 114 valence electrons. The van der Waals surface area contributed by atoms with E-state index in [4.69, 9.17) is 16.3 Å². The Morgan fingerprint density at radius 2 is 2.05 bits per heavy atom. The summed E-state index contributed by atoms with van der Waals surface area (Å²) in [7, 11) is 0. The molecule has 0 N–H and O–H groups in total. The van der Waals surface area contributed by atoms with Crippen LogP contribution >= 0.6 is 22.9 Å². The molecule has 8 heteroatoms. The van der Waals surface area contributed by atoms with Crippen LogP contribution < -0.4 is 0 Å². The Hall–Kier alpha value is -2.25. The fraction of sp³-hybridized carbons (Fsp3) is 0.143. The van der Waals surface area contributed by atoms with Crippen LogP contribution in [-0.4, -0.2) is 23.3 Å². The Balaban J connectivity index is 2.08. The molecule has 22 heavy (non-hydrogen) atoms. The third-order valence-corrected chi connectivity index (χ3v) is 4.18. The van der Waals surface area contributed by atoms with Crippen molar-refractivity contribution in [2.75, 3.05) is 6.61 Å². The molecule has 2 aromatic rings. The Bertz CT molecular complexity index is 755. The highest BCUT2D eigenvalue weighted by molar-refractivity contribution is 7.18. The van der Waals surface area contributed by atoms with Crippen molar-refractivity contribution >= 4 is 40.4 Å². The maximum absolute atomic E-state index is 12.0. The predicted octanol–water partition coefficient (Wildman–Crippen LogP) is 3.66. The molecule has 0 saturated carbocycles. The van der Waals surface area contributed by atoms with Crippen LogP contribution in [0.3, 0.4) is 0 Å². The molecule has 0 radical (unpaired) electrons. The van der Waals surface area contributed by atoms with Gasteiger partial charge in [0.15, 0.2) is 6.61 Å². The smallest absolute Gasteiger partial charge is 0.339 e. The lowest BCUT2D eigenvalue weighted by atomic mass is 10.1. The molecular weight excluding hydrogens is 330 g/mol. The van der Waals surface area contributed by atoms with E-state index in [1.807, 2.05) is 0 Å². The van der Waals surface area contributed by atoms with Crippen molar-refractivity contribution in [1.82, 2.24) is 0 Å². The molecular formula is C14H10ClNO5S. The molecule has 6 nitrogen and oxygen atoms in total. The highest BCUT2D eigenvalue weighted by atomic mass is 35.5. The number of benzene rings is 1. The molecule has 0 spiro atoms. The molecule has 0 amide bonds. The summed E-state index contributed by atoms with van der Waals surface area (Å²) in [5.74, 6) is -1.16. The quantitative estimate of drug-likeness (QED) is 0.359. The van der Waals surface area contributed by atoms with Gasteiger partial charge in [-0.2, -0.15) is 0 Å². The number of nitro benzene ring substituents is 1. The second-order valence-electron chi connectivity index (χ2n) is 4.31. The minimum absolute atomic E-state index is 0.0613. The molecule has 1 aromatic heterocycles. The third kappa shape index (κ3) is 3.49. The number of thiophene rings is 1. The van der Waals surface area contributed by atoms with E-state index in [0.29, 0.717) is 9.21 Å². The van der Waals surface area contributed by atoms with Crippen LogP contribution in [-0.2, 0) is 4.74 Å². The van der Waals surface area contributed by atoms with Gasteiger partial charge in [-0.1, -0.05) is 17.7 Å². The molecule has 0 atom stereocenters. The van der Waals surface area contributed by atoms with Gasteiger partial charge in [-0.15, -0.1) is 11.3 Å². The summed E-state index contributed by atoms with van der Waals surface area (Å²) < 4.78 is 5.38. The van der Waals surface area contributed by atoms with E-state index in [1.165, 1.54) is 25.1 Å². The average molecular weight is 340 g/mol. The van der Waals surface area contributed by atoms with E-state index in [9.17, 15) is 19.7 Å². The number of carbonyl (C=O) groups is 2. The molecule has 0 fully saturated rings. The van der Waals surface area contributed by atoms with Gasteiger partial charge in [-0.3, -0.25) is 14.9 Å². The Morgan fingerprint density at radius 1 is 1.32 bits per heavy atom. The van der Waals surface area contributed by atoms with Crippen LogP contribution in [0.25, 0.3) is 0 Å². The molecule has 0 bridgehead atoms. The monoisotopic (exact) mass is 339 g/mol. The van der Waals surface area contributed by atoms with Crippen LogP contribution in [0, 0.1) is 17.0 Å². The molecule has 1 aromatic carbocycles.